The molecule has 4 aliphatic carbocycles. The summed E-state index contributed by atoms with van der Waals surface area (Å²) < 4.78 is 14.0. The van der Waals surface area contributed by atoms with Crippen molar-refractivity contribution in [1.29, 1.82) is 0 Å². The maximum atomic E-state index is 7.05. The highest BCUT2D eigenvalue weighted by Gasteiger charge is 2.61. The van der Waals surface area contributed by atoms with Gasteiger partial charge in [0.15, 0.2) is 16.6 Å². The molecule has 0 saturated heterocycles. The topological polar surface area (TPSA) is 18.5 Å². The molecule has 4 saturated carbocycles. The predicted molar refractivity (Wildman–Crippen MR) is 165 cm³/mol. The molecule has 2 nitrogen and oxygen atoms in total. The number of fused-ring (bicyclic) bond motifs is 5. The normalized spacial score (nSPS) is 42.1. The molecule has 4 fully saturated rings. The molecule has 0 amide bonds. The lowest BCUT2D eigenvalue weighted by Crippen LogP contribution is -2.56. The highest BCUT2D eigenvalue weighted by atomic mass is 28.4. The molecule has 9 atom stereocenters. The van der Waals surface area contributed by atoms with Gasteiger partial charge in [0, 0.05) is 12.2 Å². The van der Waals surface area contributed by atoms with Crippen molar-refractivity contribution in [2.45, 2.75) is 169 Å². The van der Waals surface area contributed by atoms with E-state index in [0.29, 0.717) is 28.1 Å². The third kappa shape index (κ3) is 5.26. The van der Waals surface area contributed by atoms with Gasteiger partial charge in [-0.25, -0.2) is 0 Å². The van der Waals surface area contributed by atoms with E-state index in [1.54, 1.807) is 0 Å². The molecule has 0 radical (unpaired) electrons. The molecular weight excluding hydrogens is 485 g/mol. The second-order valence-electron chi connectivity index (χ2n) is 17.7. The Bertz CT molecular complexity index is 823. The van der Waals surface area contributed by atoms with Gasteiger partial charge in [-0.05, 0) is 141 Å². The monoisotopic (exact) mass is 548 g/mol. The second kappa shape index (κ2) is 9.73. The zero-order valence-electron chi connectivity index (χ0n) is 27.2. The molecule has 37 heavy (non-hydrogen) atoms. The second-order valence-corrected chi connectivity index (χ2v) is 27.3. The van der Waals surface area contributed by atoms with Gasteiger partial charge >= 0.3 is 0 Å². The van der Waals surface area contributed by atoms with Crippen LogP contribution in [0, 0.1) is 40.4 Å². The molecule has 0 aliphatic heterocycles. The standard InChI is InChI=1S/C33H64O2Si2/c1-23(34-36(10,11)30(2,3)4)27-16-17-28-26-15-14-24-22-25(35-37(12,13)31(5,6)7)18-20-32(24,8)29(26)19-21-33(27,28)9/h23-29H,14-22H2,1-13H3/t23-,24-,25-,26?,27-,28?,29?,32+,33-/m1/s1. The summed E-state index contributed by atoms with van der Waals surface area (Å²) in [6.45, 7) is 32.0. The minimum absolute atomic E-state index is 0.290. The minimum atomic E-state index is -1.74. The highest BCUT2D eigenvalue weighted by Crippen LogP contribution is 2.68. The van der Waals surface area contributed by atoms with E-state index in [1.165, 1.54) is 57.8 Å². The Labute approximate surface area is 234 Å². The number of hydrogen-bond donors (Lipinski definition) is 0. The van der Waals surface area contributed by atoms with Crippen LogP contribution in [0.2, 0.25) is 36.3 Å². The van der Waals surface area contributed by atoms with Crippen LogP contribution < -0.4 is 0 Å². The summed E-state index contributed by atoms with van der Waals surface area (Å²) in [7, 11) is -3.43. The summed E-state index contributed by atoms with van der Waals surface area (Å²) in [6, 6.07) is 0. The Morgan fingerprint density at radius 3 is 1.86 bits per heavy atom. The molecule has 0 heterocycles. The molecule has 0 spiro atoms. The summed E-state index contributed by atoms with van der Waals surface area (Å²) in [4.78, 5) is 0. The number of rotatable bonds is 5. The Morgan fingerprint density at radius 1 is 0.703 bits per heavy atom. The van der Waals surface area contributed by atoms with Crippen LogP contribution in [0.5, 0.6) is 0 Å². The summed E-state index contributed by atoms with van der Waals surface area (Å²) in [6.07, 6.45) is 13.6. The maximum absolute atomic E-state index is 7.05. The van der Waals surface area contributed by atoms with Crippen LogP contribution in [-0.2, 0) is 8.85 Å². The van der Waals surface area contributed by atoms with E-state index >= 15 is 0 Å². The fourth-order valence-corrected chi connectivity index (χ4v) is 12.3. The van der Waals surface area contributed by atoms with E-state index in [9.17, 15) is 0 Å². The highest BCUT2D eigenvalue weighted by molar-refractivity contribution is 6.74. The first-order valence-electron chi connectivity index (χ1n) is 16.1. The van der Waals surface area contributed by atoms with Crippen LogP contribution in [-0.4, -0.2) is 28.8 Å². The van der Waals surface area contributed by atoms with Crippen molar-refractivity contribution in [3.8, 4) is 0 Å². The zero-order chi connectivity index (χ0) is 27.8. The first-order chi connectivity index (χ1) is 16.7. The van der Waals surface area contributed by atoms with Crippen LogP contribution in [0.15, 0.2) is 0 Å². The van der Waals surface area contributed by atoms with Crippen LogP contribution in [0.25, 0.3) is 0 Å². The lowest BCUT2D eigenvalue weighted by atomic mass is 9.44. The molecule has 4 aliphatic rings. The smallest absolute Gasteiger partial charge is 0.192 e. The predicted octanol–water partition coefficient (Wildman–Crippen LogP) is 10.4. The number of hydrogen-bond acceptors (Lipinski definition) is 2. The van der Waals surface area contributed by atoms with Crippen molar-refractivity contribution >= 4 is 16.6 Å². The van der Waals surface area contributed by atoms with Crippen LogP contribution >= 0.6 is 0 Å². The zero-order valence-corrected chi connectivity index (χ0v) is 29.2. The molecular formula is C33H64O2Si2. The summed E-state index contributed by atoms with van der Waals surface area (Å²) in [5.74, 6) is 4.42. The molecule has 216 valence electrons. The van der Waals surface area contributed by atoms with Crippen molar-refractivity contribution in [1.82, 2.24) is 0 Å². The molecule has 0 N–H and O–H groups in total. The molecule has 3 unspecified atom stereocenters. The molecule has 4 rings (SSSR count). The van der Waals surface area contributed by atoms with E-state index in [4.69, 9.17) is 8.85 Å². The van der Waals surface area contributed by atoms with Gasteiger partial charge in [-0.15, -0.1) is 0 Å². The largest absolute Gasteiger partial charge is 0.414 e. The van der Waals surface area contributed by atoms with Gasteiger partial charge < -0.3 is 8.85 Å². The third-order valence-corrected chi connectivity index (χ3v) is 22.9. The summed E-state index contributed by atoms with van der Waals surface area (Å²) in [5, 5.41) is 0.599. The fourth-order valence-electron chi connectivity index (χ4n) is 9.45. The third-order valence-electron chi connectivity index (χ3n) is 13.8. The van der Waals surface area contributed by atoms with Crippen molar-refractivity contribution in [3.05, 3.63) is 0 Å². The quantitative estimate of drug-likeness (QED) is 0.318. The lowest BCUT2D eigenvalue weighted by molar-refractivity contribution is -0.130. The summed E-state index contributed by atoms with van der Waals surface area (Å²) >= 11 is 0. The van der Waals surface area contributed by atoms with E-state index in [-0.39, 0.29) is 5.04 Å². The van der Waals surface area contributed by atoms with E-state index in [2.05, 4.69) is 88.5 Å². The molecule has 0 bridgehead atoms. The Balaban J connectivity index is 1.45. The van der Waals surface area contributed by atoms with Gasteiger partial charge in [0.1, 0.15) is 0 Å². The van der Waals surface area contributed by atoms with E-state index in [1.807, 2.05) is 0 Å². The maximum Gasteiger partial charge on any atom is 0.192 e. The van der Waals surface area contributed by atoms with Gasteiger partial charge in [0.2, 0.25) is 0 Å². The van der Waals surface area contributed by atoms with Gasteiger partial charge in [-0.2, -0.15) is 0 Å². The molecule has 0 aromatic rings. The Morgan fingerprint density at radius 2 is 1.27 bits per heavy atom. The molecule has 0 aromatic carbocycles. The van der Waals surface area contributed by atoms with Crippen LogP contribution in [0.4, 0.5) is 0 Å². The first kappa shape index (κ1) is 30.3. The van der Waals surface area contributed by atoms with E-state index in [0.717, 1.165) is 29.6 Å². The fraction of sp³-hybridized carbons (Fsp3) is 1.00. The Hall–Kier alpha value is 0.354. The van der Waals surface area contributed by atoms with Crippen molar-refractivity contribution < 1.29 is 8.85 Å². The average Bonchev–Trinajstić information content (AvgIpc) is 3.09. The lowest BCUT2D eigenvalue weighted by Gasteiger charge is -2.61. The van der Waals surface area contributed by atoms with Crippen LogP contribution in [0.3, 0.4) is 0 Å². The molecule has 4 heteroatoms. The first-order valence-corrected chi connectivity index (χ1v) is 21.9. The van der Waals surface area contributed by atoms with Crippen molar-refractivity contribution in [3.63, 3.8) is 0 Å². The minimum Gasteiger partial charge on any atom is -0.414 e. The van der Waals surface area contributed by atoms with Crippen LogP contribution in [0.1, 0.15) is 120 Å². The average molecular weight is 549 g/mol. The van der Waals surface area contributed by atoms with Crippen molar-refractivity contribution in [2.24, 2.45) is 40.4 Å². The van der Waals surface area contributed by atoms with E-state index < -0.39 is 16.6 Å². The van der Waals surface area contributed by atoms with Crippen molar-refractivity contribution in [2.75, 3.05) is 0 Å². The van der Waals surface area contributed by atoms with Gasteiger partial charge in [-0.3, -0.25) is 0 Å². The van der Waals surface area contributed by atoms with Gasteiger partial charge in [-0.1, -0.05) is 55.4 Å². The van der Waals surface area contributed by atoms with Gasteiger partial charge in [0.05, 0.1) is 0 Å². The summed E-state index contributed by atoms with van der Waals surface area (Å²) in [5.41, 5.74) is 1.02. The SMILES string of the molecule is C[C@@H](O[Si](C)(C)C(C)(C)C)[C@H]1CCC2C3CC[C@@H]4C[C@H](O[Si](C)(C)C(C)(C)C)CC[C@]4(C)C3CC[C@@]21C. The Kier molecular flexibility index (Phi) is 7.97. The molecule has 0 aromatic heterocycles. The van der Waals surface area contributed by atoms with Gasteiger partial charge in [0.25, 0.3) is 0 Å².